The van der Waals surface area contributed by atoms with E-state index < -0.39 is 0 Å². The van der Waals surface area contributed by atoms with E-state index in [1.807, 2.05) is 0 Å². The van der Waals surface area contributed by atoms with Crippen LogP contribution in [0.5, 0.6) is 0 Å². The molecule has 9 heavy (non-hydrogen) atoms. The summed E-state index contributed by atoms with van der Waals surface area (Å²) < 4.78 is 12.5. The molecule has 1 heterocycles. The van der Waals surface area contributed by atoms with Crippen molar-refractivity contribution in [2.45, 2.75) is 11.8 Å². The SMILES string of the molecule is Cc1ncc(S)cc1F. The van der Waals surface area contributed by atoms with Crippen LogP contribution >= 0.6 is 12.6 Å². The van der Waals surface area contributed by atoms with Gasteiger partial charge in [-0.15, -0.1) is 12.6 Å². The summed E-state index contributed by atoms with van der Waals surface area (Å²) in [6, 6.07) is 1.34. The number of pyridine rings is 1. The molecule has 0 aliphatic rings. The summed E-state index contributed by atoms with van der Waals surface area (Å²) >= 11 is 3.90. The Bertz CT molecular complexity index is 224. The molecule has 1 aromatic rings. The number of halogens is 1. The van der Waals surface area contributed by atoms with Crippen LogP contribution in [0.2, 0.25) is 0 Å². The number of hydrogen-bond donors (Lipinski definition) is 1. The average Bonchev–Trinajstić information content (AvgIpc) is 1.80. The van der Waals surface area contributed by atoms with Crippen LogP contribution in [0.15, 0.2) is 17.2 Å². The molecule has 48 valence electrons. The van der Waals surface area contributed by atoms with Gasteiger partial charge in [-0.2, -0.15) is 0 Å². The molecular weight excluding hydrogens is 137 g/mol. The van der Waals surface area contributed by atoms with Gasteiger partial charge in [-0.05, 0) is 13.0 Å². The fraction of sp³-hybridized carbons (Fsp3) is 0.167. The molecule has 0 bridgehead atoms. The van der Waals surface area contributed by atoms with Gasteiger partial charge < -0.3 is 0 Å². The quantitative estimate of drug-likeness (QED) is 0.546. The van der Waals surface area contributed by atoms with Crippen LogP contribution in [0.3, 0.4) is 0 Å². The van der Waals surface area contributed by atoms with Crippen molar-refractivity contribution in [3.05, 3.63) is 23.8 Å². The van der Waals surface area contributed by atoms with Crippen LogP contribution in [0.1, 0.15) is 5.69 Å². The molecule has 1 rings (SSSR count). The first-order valence-corrected chi connectivity index (χ1v) is 2.96. The first-order chi connectivity index (χ1) is 4.20. The summed E-state index contributed by atoms with van der Waals surface area (Å²) in [5, 5.41) is 0. The van der Waals surface area contributed by atoms with E-state index in [1.165, 1.54) is 12.3 Å². The van der Waals surface area contributed by atoms with Gasteiger partial charge in [0.25, 0.3) is 0 Å². The summed E-state index contributed by atoms with van der Waals surface area (Å²) in [4.78, 5) is 4.28. The number of rotatable bonds is 0. The van der Waals surface area contributed by atoms with Gasteiger partial charge >= 0.3 is 0 Å². The van der Waals surface area contributed by atoms with Crippen molar-refractivity contribution < 1.29 is 4.39 Å². The zero-order chi connectivity index (χ0) is 6.85. The van der Waals surface area contributed by atoms with E-state index >= 15 is 0 Å². The topological polar surface area (TPSA) is 12.9 Å². The molecule has 3 heteroatoms. The van der Waals surface area contributed by atoms with Crippen molar-refractivity contribution in [1.82, 2.24) is 4.98 Å². The van der Waals surface area contributed by atoms with Crippen molar-refractivity contribution in [2.24, 2.45) is 0 Å². The van der Waals surface area contributed by atoms with Gasteiger partial charge in [-0.3, -0.25) is 4.98 Å². The number of aromatic nitrogens is 1. The van der Waals surface area contributed by atoms with Crippen LogP contribution in [-0.2, 0) is 0 Å². The second kappa shape index (κ2) is 2.35. The van der Waals surface area contributed by atoms with Gasteiger partial charge in [0.15, 0.2) is 0 Å². The van der Waals surface area contributed by atoms with E-state index in [4.69, 9.17) is 0 Å². The monoisotopic (exact) mass is 143 g/mol. The lowest BCUT2D eigenvalue weighted by molar-refractivity contribution is 0.605. The first kappa shape index (κ1) is 6.55. The predicted molar refractivity (Wildman–Crippen MR) is 36.2 cm³/mol. The Morgan fingerprint density at radius 2 is 2.33 bits per heavy atom. The highest BCUT2D eigenvalue weighted by Gasteiger charge is 1.95. The lowest BCUT2D eigenvalue weighted by Crippen LogP contribution is -1.85. The minimum absolute atomic E-state index is 0.303. The van der Waals surface area contributed by atoms with E-state index in [0.29, 0.717) is 10.6 Å². The molecule has 0 aromatic carbocycles. The summed E-state index contributed by atoms with van der Waals surface area (Å²) in [6.07, 6.45) is 1.52. The fourth-order valence-corrected chi connectivity index (χ4v) is 0.667. The molecule has 0 atom stereocenters. The molecule has 0 saturated heterocycles. The second-order valence-corrected chi connectivity index (χ2v) is 2.28. The van der Waals surface area contributed by atoms with Gasteiger partial charge in [0, 0.05) is 11.1 Å². The molecule has 0 saturated carbocycles. The van der Waals surface area contributed by atoms with Gasteiger partial charge in [0.2, 0.25) is 0 Å². The summed E-state index contributed by atoms with van der Waals surface area (Å²) in [5.74, 6) is -0.303. The third-order valence-corrected chi connectivity index (χ3v) is 1.26. The number of hydrogen-bond acceptors (Lipinski definition) is 2. The Kier molecular flexibility index (Phi) is 1.71. The van der Waals surface area contributed by atoms with Crippen LogP contribution in [0.25, 0.3) is 0 Å². The minimum atomic E-state index is -0.303. The van der Waals surface area contributed by atoms with Crippen molar-refractivity contribution in [3.63, 3.8) is 0 Å². The highest BCUT2D eigenvalue weighted by molar-refractivity contribution is 7.80. The Balaban J connectivity index is 3.17. The maximum absolute atomic E-state index is 12.5. The third-order valence-electron chi connectivity index (χ3n) is 1.01. The van der Waals surface area contributed by atoms with E-state index in [1.54, 1.807) is 6.92 Å². The lowest BCUT2D eigenvalue weighted by Gasteiger charge is -1.93. The number of aryl methyl sites for hydroxylation is 1. The Labute approximate surface area is 58.3 Å². The van der Waals surface area contributed by atoms with Gasteiger partial charge in [-0.25, -0.2) is 4.39 Å². The largest absolute Gasteiger partial charge is 0.257 e. The van der Waals surface area contributed by atoms with Crippen molar-refractivity contribution in [3.8, 4) is 0 Å². The summed E-state index contributed by atoms with van der Waals surface area (Å²) in [6.45, 7) is 1.61. The number of thiol groups is 1. The Hall–Kier alpha value is -0.570. The molecular formula is C6H6FNS. The molecule has 0 radical (unpaired) electrons. The Morgan fingerprint density at radius 1 is 1.67 bits per heavy atom. The zero-order valence-corrected chi connectivity index (χ0v) is 5.82. The third kappa shape index (κ3) is 1.42. The highest BCUT2D eigenvalue weighted by atomic mass is 32.1. The molecule has 0 N–H and O–H groups in total. The molecule has 0 fully saturated rings. The standard InChI is InChI=1S/C6H6FNS/c1-4-6(7)2-5(9)3-8-4/h2-3,9H,1H3. The van der Waals surface area contributed by atoms with Crippen LogP contribution in [-0.4, -0.2) is 4.98 Å². The molecule has 1 aromatic heterocycles. The molecule has 0 spiro atoms. The van der Waals surface area contributed by atoms with Crippen molar-refractivity contribution >= 4 is 12.6 Å². The van der Waals surface area contributed by atoms with Crippen LogP contribution < -0.4 is 0 Å². The highest BCUT2D eigenvalue weighted by Crippen LogP contribution is 2.07. The van der Waals surface area contributed by atoms with Crippen molar-refractivity contribution in [1.29, 1.82) is 0 Å². The van der Waals surface area contributed by atoms with Gasteiger partial charge in [0.1, 0.15) is 5.82 Å². The summed E-state index contributed by atoms with van der Waals surface area (Å²) in [7, 11) is 0. The average molecular weight is 143 g/mol. The van der Waals surface area contributed by atoms with Crippen LogP contribution in [0, 0.1) is 12.7 Å². The molecule has 0 amide bonds. The van der Waals surface area contributed by atoms with Crippen molar-refractivity contribution in [2.75, 3.05) is 0 Å². The molecule has 1 nitrogen and oxygen atoms in total. The molecule has 0 aliphatic carbocycles. The van der Waals surface area contributed by atoms with E-state index in [0.717, 1.165) is 0 Å². The lowest BCUT2D eigenvalue weighted by atomic mass is 10.4. The van der Waals surface area contributed by atoms with Gasteiger partial charge in [-0.1, -0.05) is 0 Å². The minimum Gasteiger partial charge on any atom is -0.257 e. The molecule has 0 aliphatic heterocycles. The Morgan fingerprint density at radius 3 is 2.78 bits per heavy atom. The normalized spacial score (nSPS) is 9.67. The van der Waals surface area contributed by atoms with E-state index in [9.17, 15) is 4.39 Å². The molecule has 0 unspecified atom stereocenters. The number of nitrogens with zero attached hydrogens (tertiary/aromatic N) is 1. The summed E-state index contributed by atoms with van der Waals surface area (Å²) in [5.41, 5.74) is 0.410. The smallest absolute Gasteiger partial charge is 0.145 e. The van der Waals surface area contributed by atoms with E-state index in [-0.39, 0.29) is 5.82 Å². The maximum atomic E-state index is 12.5. The first-order valence-electron chi connectivity index (χ1n) is 2.51. The zero-order valence-electron chi connectivity index (χ0n) is 4.93. The second-order valence-electron chi connectivity index (χ2n) is 1.76. The van der Waals surface area contributed by atoms with E-state index in [2.05, 4.69) is 17.6 Å². The predicted octanol–water partition coefficient (Wildman–Crippen LogP) is 1.82. The van der Waals surface area contributed by atoms with Crippen LogP contribution in [0.4, 0.5) is 4.39 Å². The fourth-order valence-electron chi connectivity index (χ4n) is 0.496. The maximum Gasteiger partial charge on any atom is 0.145 e. The van der Waals surface area contributed by atoms with Gasteiger partial charge in [0.05, 0.1) is 5.69 Å².